The molecule has 0 radical (unpaired) electrons. The van der Waals surface area contributed by atoms with Crippen molar-refractivity contribution >= 4 is 21.9 Å². The number of primary sulfonamides is 1. The summed E-state index contributed by atoms with van der Waals surface area (Å²) in [5.74, 6) is -2.18. The Balaban J connectivity index is 2.33. The van der Waals surface area contributed by atoms with Crippen molar-refractivity contribution in [2.75, 3.05) is 13.7 Å². The Morgan fingerprint density at radius 1 is 1.50 bits per heavy atom. The molecule has 1 saturated heterocycles. The highest BCUT2D eigenvalue weighted by molar-refractivity contribution is 7.89. The molecule has 1 amide bonds. The van der Waals surface area contributed by atoms with Crippen LogP contribution in [0.2, 0.25) is 0 Å². The second-order valence-electron chi connectivity index (χ2n) is 4.98. The number of likely N-dealkylation sites (tertiary alicyclic amines) is 1. The number of nitrogens with two attached hydrogens (primary N) is 1. The number of sulfonamides is 1. The van der Waals surface area contributed by atoms with E-state index in [1.807, 2.05) is 0 Å². The number of hydrogen-bond donors (Lipinski definition) is 2. The van der Waals surface area contributed by atoms with E-state index in [0.29, 0.717) is 0 Å². The first-order valence-electron chi connectivity index (χ1n) is 6.35. The standard InChI is InChI=1S/C12H16N2O7S/c1-6-10(22(13,18)19)4-9(21-6)11(15)14-5-7(20-2)3-8(14)12(16)17/h4,7-8H,3,5H2,1-2H3,(H,16,17)(H2,13,18,19). The predicted molar refractivity (Wildman–Crippen MR) is 72.7 cm³/mol. The summed E-state index contributed by atoms with van der Waals surface area (Å²) in [6, 6.07) is -0.0488. The molecule has 0 aliphatic carbocycles. The zero-order chi connectivity index (χ0) is 16.7. The molecule has 3 N–H and O–H groups in total. The summed E-state index contributed by atoms with van der Waals surface area (Å²) in [5.41, 5.74) is 0. The lowest BCUT2D eigenvalue weighted by Gasteiger charge is -2.19. The van der Waals surface area contributed by atoms with Gasteiger partial charge in [0.1, 0.15) is 16.7 Å². The number of amides is 1. The van der Waals surface area contributed by atoms with E-state index in [-0.39, 0.29) is 29.4 Å². The molecule has 2 heterocycles. The lowest BCUT2D eigenvalue weighted by molar-refractivity contribution is -0.141. The van der Waals surface area contributed by atoms with Crippen molar-refractivity contribution in [1.82, 2.24) is 4.90 Å². The molecule has 9 nitrogen and oxygen atoms in total. The van der Waals surface area contributed by atoms with Gasteiger partial charge in [0.15, 0.2) is 5.76 Å². The third-order valence-corrected chi connectivity index (χ3v) is 4.55. The minimum absolute atomic E-state index is 0.0276. The van der Waals surface area contributed by atoms with Crippen LogP contribution in [0.15, 0.2) is 15.4 Å². The number of carbonyl (C=O) groups is 2. The van der Waals surface area contributed by atoms with Gasteiger partial charge in [-0.25, -0.2) is 18.4 Å². The Morgan fingerprint density at radius 2 is 2.14 bits per heavy atom. The van der Waals surface area contributed by atoms with E-state index in [9.17, 15) is 23.1 Å². The number of methoxy groups -OCH3 is 1. The summed E-state index contributed by atoms with van der Waals surface area (Å²) in [5, 5.41) is 14.2. The van der Waals surface area contributed by atoms with Crippen molar-refractivity contribution in [3.63, 3.8) is 0 Å². The van der Waals surface area contributed by atoms with Crippen LogP contribution in [0.4, 0.5) is 0 Å². The maximum Gasteiger partial charge on any atom is 0.326 e. The van der Waals surface area contributed by atoms with Crippen LogP contribution in [-0.2, 0) is 19.6 Å². The highest BCUT2D eigenvalue weighted by atomic mass is 32.2. The molecule has 22 heavy (non-hydrogen) atoms. The molecule has 1 aliphatic rings. The van der Waals surface area contributed by atoms with Crippen LogP contribution in [0.1, 0.15) is 22.7 Å². The largest absolute Gasteiger partial charge is 0.480 e. The topological polar surface area (TPSA) is 140 Å². The summed E-state index contributed by atoms with van der Waals surface area (Å²) in [4.78, 5) is 24.4. The third-order valence-electron chi connectivity index (χ3n) is 3.53. The van der Waals surface area contributed by atoms with E-state index >= 15 is 0 Å². The summed E-state index contributed by atoms with van der Waals surface area (Å²) in [7, 11) is -2.60. The number of furan rings is 1. The molecule has 122 valence electrons. The normalized spacial score (nSPS) is 22.0. The van der Waals surface area contributed by atoms with Gasteiger partial charge in [-0.2, -0.15) is 0 Å². The number of ether oxygens (including phenoxy) is 1. The highest BCUT2D eigenvalue weighted by Gasteiger charge is 2.41. The number of carbonyl (C=O) groups excluding carboxylic acids is 1. The number of aliphatic carboxylic acids is 1. The Morgan fingerprint density at radius 3 is 2.59 bits per heavy atom. The molecule has 2 rings (SSSR count). The molecular formula is C12H16N2O7S. The van der Waals surface area contributed by atoms with Crippen molar-refractivity contribution in [3.8, 4) is 0 Å². The van der Waals surface area contributed by atoms with Gasteiger partial charge < -0.3 is 19.2 Å². The van der Waals surface area contributed by atoms with Gasteiger partial charge in [-0.1, -0.05) is 0 Å². The number of carboxylic acids is 1. The molecular weight excluding hydrogens is 316 g/mol. The smallest absolute Gasteiger partial charge is 0.326 e. The predicted octanol–water partition coefficient (Wildman–Crippen LogP) is -0.450. The molecule has 1 aromatic rings. The Kier molecular flexibility index (Phi) is 4.27. The van der Waals surface area contributed by atoms with Gasteiger partial charge >= 0.3 is 5.97 Å². The van der Waals surface area contributed by atoms with Crippen molar-refractivity contribution in [2.45, 2.75) is 30.4 Å². The zero-order valence-electron chi connectivity index (χ0n) is 12.0. The summed E-state index contributed by atoms with van der Waals surface area (Å²) in [6.07, 6.45) is -0.252. The Hall–Kier alpha value is -1.91. The molecule has 1 aliphatic heterocycles. The second kappa shape index (κ2) is 5.71. The average Bonchev–Trinajstić information content (AvgIpc) is 3.00. The van der Waals surface area contributed by atoms with Crippen molar-refractivity contribution in [2.24, 2.45) is 5.14 Å². The summed E-state index contributed by atoms with van der Waals surface area (Å²) in [6.45, 7) is 1.43. The molecule has 0 aromatic carbocycles. The van der Waals surface area contributed by atoms with Crippen molar-refractivity contribution in [3.05, 3.63) is 17.6 Å². The quantitative estimate of drug-likeness (QED) is 0.760. The first kappa shape index (κ1) is 16.5. The lowest BCUT2D eigenvalue weighted by Crippen LogP contribution is -2.40. The third kappa shape index (κ3) is 2.98. The van der Waals surface area contributed by atoms with E-state index in [2.05, 4.69) is 0 Å². The van der Waals surface area contributed by atoms with Gasteiger partial charge in [0.2, 0.25) is 10.0 Å². The van der Waals surface area contributed by atoms with Crippen LogP contribution in [0.5, 0.6) is 0 Å². The van der Waals surface area contributed by atoms with Crippen molar-refractivity contribution in [1.29, 1.82) is 0 Å². The molecule has 0 spiro atoms. The van der Waals surface area contributed by atoms with E-state index in [1.165, 1.54) is 14.0 Å². The van der Waals surface area contributed by atoms with Gasteiger partial charge in [-0.3, -0.25) is 4.79 Å². The average molecular weight is 332 g/mol. The molecule has 1 fully saturated rings. The number of aryl methyl sites for hydroxylation is 1. The first-order chi connectivity index (χ1) is 10.1. The van der Waals surface area contributed by atoms with E-state index in [1.54, 1.807) is 0 Å². The maximum atomic E-state index is 12.4. The second-order valence-corrected chi connectivity index (χ2v) is 6.51. The number of nitrogens with zero attached hydrogens (tertiary/aromatic N) is 1. The minimum atomic E-state index is -4.02. The van der Waals surface area contributed by atoms with E-state index in [4.69, 9.17) is 14.3 Å². The van der Waals surface area contributed by atoms with Crippen LogP contribution in [0.25, 0.3) is 0 Å². The van der Waals surface area contributed by atoms with Gasteiger partial charge in [-0.15, -0.1) is 0 Å². The number of rotatable bonds is 4. The van der Waals surface area contributed by atoms with Crippen LogP contribution < -0.4 is 5.14 Å². The molecule has 0 bridgehead atoms. The Labute approximate surface area is 126 Å². The number of hydrogen-bond acceptors (Lipinski definition) is 6. The molecule has 10 heteroatoms. The highest BCUT2D eigenvalue weighted by Crippen LogP contribution is 2.25. The molecule has 0 saturated carbocycles. The fraction of sp³-hybridized carbons (Fsp3) is 0.500. The lowest BCUT2D eigenvalue weighted by atomic mass is 10.2. The fourth-order valence-electron chi connectivity index (χ4n) is 2.42. The van der Waals surface area contributed by atoms with Gasteiger partial charge in [0.25, 0.3) is 5.91 Å². The first-order valence-corrected chi connectivity index (χ1v) is 7.89. The fourth-order valence-corrected chi connectivity index (χ4v) is 3.14. The van der Waals surface area contributed by atoms with E-state index < -0.39 is 34.0 Å². The minimum Gasteiger partial charge on any atom is -0.480 e. The van der Waals surface area contributed by atoms with Gasteiger partial charge in [0.05, 0.1) is 6.10 Å². The van der Waals surface area contributed by atoms with Gasteiger partial charge in [0, 0.05) is 26.1 Å². The van der Waals surface area contributed by atoms with Crippen LogP contribution in [0, 0.1) is 6.92 Å². The van der Waals surface area contributed by atoms with Gasteiger partial charge in [-0.05, 0) is 6.92 Å². The molecule has 2 atom stereocenters. The molecule has 2 unspecified atom stereocenters. The zero-order valence-corrected chi connectivity index (χ0v) is 12.8. The van der Waals surface area contributed by atoms with Crippen LogP contribution >= 0.6 is 0 Å². The number of carboxylic acid groups (broad SMARTS) is 1. The summed E-state index contributed by atoms with van der Waals surface area (Å²) >= 11 is 0. The van der Waals surface area contributed by atoms with Crippen LogP contribution in [-0.4, -0.2) is 56.1 Å². The molecule has 1 aromatic heterocycles. The Bertz CT molecular complexity index is 709. The van der Waals surface area contributed by atoms with Crippen molar-refractivity contribution < 1.29 is 32.3 Å². The monoisotopic (exact) mass is 332 g/mol. The summed E-state index contributed by atoms with van der Waals surface area (Å²) < 4.78 is 32.9. The SMILES string of the molecule is COC1CC(C(=O)O)N(C(=O)c2cc(S(N)(=O)=O)c(C)o2)C1. The van der Waals surface area contributed by atoms with Crippen LogP contribution in [0.3, 0.4) is 0 Å². The van der Waals surface area contributed by atoms with E-state index in [0.717, 1.165) is 11.0 Å². The maximum absolute atomic E-state index is 12.4.